The Bertz CT molecular complexity index is 1030. The van der Waals surface area contributed by atoms with Gasteiger partial charge in [-0.2, -0.15) is 5.10 Å². The van der Waals surface area contributed by atoms with Crippen LogP contribution in [0.1, 0.15) is 18.4 Å². The SMILES string of the molecule is O=S(=O)(Cc1ccc(F)cc1)N1CCC(Oc2ccc(-n3cccn3)nn2)CC1. The van der Waals surface area contributed by atoms with E-state index in [0.29, 0.717) is 43.2 Å². The number of halogens is 1. The van der Waals surface area contributed by atoms with E-state index < -0.39 is 10.0 Å². The summed E-state index contributed by atoms with van der Waals surface area (Å²) in [6.45, 7) is 0.736. The van der Waals surface area contributed by atoms with Crippen LogP contribution in [0.15, 0.2) is 54.9 Å². The van der Waals surface area contributed by atoms with Crippen LogP contribution in [-0.2, 0) is 15.8 Å². The van der Waals surface area contributed by atoms with Gasteiger partial charge in [-0.25, -0.2) is 21.8 Å². The van der Waals surface area contributed by atoms with Gasteiger partial charge < -0.3 is 4.74 Å². The van der Waals surface area contributed by atoms with Gasteiger partial charge >= 0.3 is 0 Å². The molecule has 0 saturated carbocycles. The Morgan fingerprint density at radius 1 is 1.07 bits per heavy atom. The largest absolute Gasteiger partial charge is 0.473 e. The highest BCUT2D eigenvalue weighted by Gasteiger charge is 2.29. The average Bonchev–Trinajstić information content (AvgIpc) is 3.25. The van der Waals surface area contributed by atoms with Crippen molar-refractivity contribution in [1.29, 1.82) is 0 Å². The minimum Gasteiger partial charge on any atom is -0.473 e. The van der Waals surface area contributed by atoms with Gasteiger partial charge in [0.25, 0.3) is 0 Å². The van der Waals surface area contributed by atoms with E-state index in [2.05, 4.69) is 15.3 Å². The fourth-order valence-corrected chi connectivity index (χ4v) is 4.75. The van der Waals surface area contributed by atoms with Crippen molar-refractivity contribution in [3.05, 3.63) is 66.2 Å². The minimum absolute atomic E-state index is 0.128. The molecule has 1 aromatic carbocycles. The number of piperidine rings is 1. The van der Waals surface area contributed by atoms with E-state index >= 15 is 0 Å². The van der Waals surface area contributed by atoms with E-state index in [9.17, 15) is 12.8 Å². The number of ether oxygens (including phenoxy) is 1. The van der Waals surface area contributed by atoms with Crippen LogP contribution in [0.25, 0.3) is 5.82 Å². The van der Waals surface area contributed by atoms with Gasteiger partial charge in [0.2, 0.25) is 15.9 Å². The molecule has 4 rings (SSSR count). The van der Waals surface area contributed by atoms with Crippen molar-refractivity contribution in [1.82, 2.24) is 24.3 Å². The highest BCUT2D eigenvalue weighted by atomic mass is 32.2. The van der Waals surface area contributed by atoms with Gasteiger partial charge in [0.1, 0.15) is 11.9 Å². The number of rotatable bonds is 6. The lowest BCUT2D eigenvalue weighted by Gasteiger charge is -2.31. The van der Waals surface area contributed by atoms with E-state index in [1.54, 1.807) is 35.3 Å². The van der Waals surface area contributed by atoms with E-state index in [1.807, 2.05) is 0 Å². The molecule has 0 N–H and O–H groups in total. The van der Waals surface area contributed by atoms with Crippen molar-refractivity contribution in [2.75, 3.05) is 13.1 Å². The summed E-state index contributed by atoms with van der Waals surface area (Å²) >= 11 is 0. The standard InChI is InChI=1S/C19H20FN5O3S/c20-16-4-2-15(3-5-16)14-29(26,27)24-12-8-17(9-13-24)28-19-7-6-18(22-23-19)25-11-1-10-21-25/h1-7,10-11,17H,8-9,12-14H2. The van der Waals surface area contributed by atoms with Gasteiger partial charge in [-0.05, 0) is 42.7 Å². The van der Waals surface area contributed by atoms with Crippen molar-refractivity contribution in [3.63, 3.8) is 0 Å². The Balaban J connectivity index is 1.31. The Kier molecular flexibility index (Phi) is 5.54. The molecule has 0 unspecified atom stereocenters. The Morgan fingerprint density at radius 2 is 1.83 bits per heavy atom. The highest BCUT2D eigenvalue weighted by Crippen LogP contribution is 2.21. The van der Waals surface area contributed by atoms with Crippen molar-refractivity contribution < 1.29 is 17.5 Å². The molecule has 0 spiro atoms. The number of hydrogen-bond donors (Lipinski definition) is 0. The number of aromatic nitrogens is 4. The zero-order chi connectivity index (χ0) is 20.3. The molecule has 10 heteroatoms. The summed E-state index contributed by atoms with van der Waals surface area (Å²) in [6.07, 6.45) is 4.42. The summed E-state index contributed by atoms with van der Waals surface area (Å²) < 4.78 is 47.1. The first-order valence-corrected chi connectivity index (χ1v) is 10.8. The smallest absolute Gasteiger partial charge is 0.233 e. The lowest BCUT2D eigenvalue weighted by Crippen LogP contribution is -2.42. The Labute approximate surface area is 168 Å². The summed E-state index contributed by atoms with van der Waals surface area (Å²) in [6, 6.07) is 10.8. The van der Waals surface area contributed by atoms with Gasteiger partial charge in [0, 0.05) is 31.5 Å². The molecule has 2 aromatic heterocycles. The number of sulfonamides is 1. The summed E-state index contributed by atoms with van der Waals surface area (Å²) in [5.41, 5.74) is 0.567. The van der Waals surface area contributed by atoms with Crippen LogP contribution >= 0.6 is 0 Å². The molecule has 152 valence electrons. The molecule has 1 aliphatic heterocycles. The van der Waals surface area contributed by atoms with Crippen LogP contribution < -0.4 is 4.74 Å². The first kappa shape index (κ1) is 19.5. The fraction of sp³-hybridized carbons (Fsp3) is 0.316. The highest BCUT2D eigenvalue weighted by molar-refractivity contribution is 7.88. The predicted molar refractivity (Wildman–Crippen MR) is 103 cm³/mol. The summed E-state index contributed by atoms with van der Waals surface area (Å²) in [5.74, 6) is 0.460. The quantitative estimate of drug-likeness (QED) is 0.611. The van der Waals surface area contributed by atoms with Crippen LogP contribution in [-0.4, -0.2) is 51.9 Å². The number of nitrogens with zero attached hydrogens (tertiary/aromatic N) is 5. The van der Waals surface area contributed by atoms with Gasteiger partial charge in [0.05, 0.1) is 5.75 Å². The van der Waals surface area contributed by atoms with Gasteiger partial charge in [-0.1, -0.05) is 12.1 Å². The number of hydrogen-bond acceptors (Lipinski definition) is 6. The normalized spacial score (nSPS) is 16.0. The zero-order valence-electron chi connectivity index (χ0n) is 15.6. The van der Waals surface area contributed by atoms with Crippen LogP contribution in [0.4, 0.5) is 4.39 Å². The molecular formula is C19H20FN5O3S. The Hall–Kier alpha value is -2.85. The average molecular weight is 417 g/mol. The molecule has 3 aromatic rings. The third kappa shape index (κ3) is 4.77. The van der Waals surface area contributed by atoms with E-state index in [0.717, 1.165) is 0 Å². The van der Waals surface area contributed by atoms with Crippen molar-refractivity contribution >= 4 is 10.0 Å². The van der Waals surface area contributed by atoms with Crippen LogP contribution in [0.5, 0.6) is 5.88 Å². The maximum Gasteiger partial charge on any atom is 0.233 e. The first-order valence-electron chi connectivity index (χ1n) is 9.22. The van der Waals surface area contributed by atoms with Gasteiger partial charge in [-0.15, -0.1) is 10.2 Å². The molecule has 1 fully saturated rings. The molecule has 0 atom stereocenters. The second-order valence-electron chi connectivity index (χ2n) is 6.78. The summed E-state index contributed by atoms with van der Waals surface area (Å²) in [4.78, 5) is 0. The molecule has 29 heavy (non-hydrogen) atoms. The molecule has 0 aliphatic carbocycles. The maximum atomic E-state index is 13.0. The molecule has 1 aliphatic rings. The first-order chi connectivity index (χ1) is 14.0. The molecule has 8 nitrogen and oxygen atoms in total. The van der Waals surface area contributed by atoms with Gasteiger partial charge in [0.15, 0.2) is 5.82 Å². The third-order valence-corrected chi connectivity index (χ3v) is 6.56. The van der Waals surface area contributed by atoms with Crippen LogP contribution in [0, 0.1) is 5.82 Å². The Morgan fingerprint density at radius 3 is 2.45 bits per heavy atom. The van der Waals surface area contributed by atoms with Gasteiger partial charge in [-0.3, -0.25) is 0 Å². The lowest BCUT2D eigenvalue weighted by molar-refractivity contribution is 0.128. The van der Waals surface area contributed by atoms with Crippen LogP contribution in [0.3, 0.4) is 0 Å². The maximum absolute atomic E-state index is 13.0. The van der Waals surface area contributed by atoms with Crippen molar-refractivity contribution in [3.8, 4) is 11.7 Å². The fourth-order valence-electron chi connectivity index (χ4n) is 3.18. The third-order valence-electron chi connectivity index (χ3n) is 4.71. The van der Waals surface area contributed by atoms with Crippen molar-refractivity contribution in [2.45, 2.75) is 24.7 Å². The lowest BCUT2D eigenvalue weighted by atomic mass is 10.1. The molecule has 3 heterocycles. The van der Waals surface area contributed by atoms with E-state index in [-0.39, 0.29) is 17.7 Å². The summed E-state index contributed by atoms with van der Waals surface area (Å²) in [7, 11) is -3.46. The van der Waals surface area contributed by atoms with E-state index in [4.69, 9.17) is 4.74 Å². The molecule has 0 bridgehead atoms. The molecule has 1 saturated heterocycles. The monoisotopic (exact) mass is 417 g/mol. The summed E-state index contributed by atoms with van der Waals surface area (Å²) in [5, 5.41) is 12.2. The molecular weight excluding hydrogens is 397 g/mol. The predicted octanol–water partition coefficient (Wildman–Crippen LogP) is 2.17. The van der Waals surface area contributed by atoms with Crippen LogP contribution in [0.2, 0.25) is 0 Å². The zero-order valence-corrected chi connectivity index (χ0v) is 16.4. The second kappa shape index (κ2) is 8.26. The molecule has 0 amide bonds. The van der Waals surface area contributed by atoms with Crippen molar-refractivity contribution in [2.24, 2.45) is 0 Å². The van der Waals surface area contributed by atoms with E-state index in [1.165, 1.54) is 28.6 Å². The minimum atomic E-state index is -3.46. The topological polar surface area (TPSA) is 90.2 Å². The second-order valence-corrected chi connectivity index (χ2v) is 8.75. The molecule has 0 radical (unpaired) electrons. The number of benzene rings is 1.